The van der Waals surface area contributed by atoms with Crippen molar-refractivity contribution >= 4 is 16.8 Å². The van der Waals surface area contributed by atoms with Crippen LogP contribution < -0.4 is 0 Å². The summed E-state index contributed by atoms with van der Waals surface area (Å²) in [6.07, 6.45) is 0.888. The third-order valence-electron chi connectivity index (χ3n) is 2.80. The van der Waals surface area contributed by atoms with Crippen LogP contribution in [0.1, 0.15) is 16.9 Å². The van der Waals surface area contributed by atoms with Crippen LogP contribution in [0.4, 0.5) is 0 Å². The fourth-order valence-corrected chi connectivity index (χ4v) is 1.92. The quantitative estimate of drug-likeness (QED) is 0.749. The molecule has 1 aromatic heterocycles. The molecule has 1 aromatic carbocycles. The van der Waals surface area contributed by atoms with Crippen LogP contribution in [-0.2, 0) is 4.84 Å². The van der Waals surface area contributed by atoms with Gasteiger partial charge in [0.25, 0.3) is 5.91 Å². The Kier molecular flexibility index (Phi) is 2.49. The third-order valence-corrected chi connectivity index (χ3v) is 2.80. The van der Waals surface area contributed by atoms with Crippen molar-refractivity contribution in [3.63, 3.8) is 0 Å². The van der Waals surface area contributed by atoms with Gasteiger partial charge in [-0.2, -0.15) is 0 Å². The second kappa shape index (κ2) is 4.14. The lowest BCUT2D eigenvalue weighted by Gasteiger charge is -2.13. The molecule has 1 aliphatic heterocycles. The Labute approximate surface area is 98.8 Å². The van der Waals surface area contributed by atoms with E-state index in [1.807, 2.05) is 30.3 Å². The maximum atomic E-state index is 12.0. The molecule has 0 atom stereocenters. The highest BCUT2D eigenvalue weighted by molar-refractivity contribution is 5.94. The van der Waals surface area contributed by atoms with Crippen molar-refractivity contribution in [2.45, 2.75) is 6.42 Å². The van der Waals surface area contributed by atoms with Crippen LogP contribution in [0.25, 0.3) is 10.9 Å². The number of rotatable bonds is 1. The van der Waals surface area contributed by atoms with E-state index in [2.05, 4.69) is 4.98 Å². The van der Waals surface area contributed by atoms with E-state index in [0.717, 1.165) is 17.3 Å². The number of pyridine rings is 1. The summed E-state index contributed by atoms with van der Waals surface area (Å²) in [5, 5.41) is 2.42. The molecule has 0 unspecified atom stereocenters. The van der Waals surface area contributed by atoms with Gasteiger partial charge in [0.05, 0.1) is 18.7 Å². The van der Waals surface area contributed by atoms with Gasteiger partial charge in [0.1, 0.15) is 5.69 Å². The Morgan fingerprint density at radius 3 is 2.94 bits per heavy atom. The minimum absolute atomic E-state index is 0.159. The van der Waals surface area contributed by atoms with E-state index in [1.54, 1.807) is 6.07 Å². The van der Waals surface area contributed by atoms with Crippen molar-refractivity contribution in [1.82, 2.24) is 10.0 Å². The molecule has 4 heteroatoms. The summed E-state index contributed by atoms with van der Waals surface area (Å²) >= 11 is 0. The van der Waals surface area contributed by atoms with Crippen LogP contribution in [-0.4, -0.2) is 29.1 Å². The standard InChI is InChI=1S/C13H12N2O2/c16-13(15-8-3-9-17-15)12-7-6-10-4-1-2-5-11(10)14-12/h1-2,4-7H,3,8-9H2. The van der Waals surface area contributed by atoms with E-state index in [4.69, 9.17) is 4.84 Å². The van der Waals surface area contributed by atoms with Gasteiger partial charge in [-0.15, -0.1) is 0 Å². The number of amides is 1. The molecule has 2 heterocycles. The summed E-state index contributed by atoms with van der Waals surface area (Å²) in [4.78, 5) is 21.6. The highest BCUT2D eigenvalue weighted by Gasteiger charge is 2.21. The number of carbonyl (C=O) groups is 1. The molecule has 0 radical (unpaired) electrons. The van der Waals surface area contributed by atoms with Gasteiger partial charge in [0, 0.05) is 5.39 Å². The average Bonchev–Trinajstić information content (AvgIpc) is 2.91. The molecule has 2 aromatic rings. The molecule has 0 spiro atoms. The first-order valence-electron chi connectivity index (χ1n) is 5.65. The van der Waals surface area contributed by atoms with Crippen molar-refractivity contribution in [2.24, 2.45) is 0 Å². The average molecular weight is 228 g/mol. The first-order chi connectivity index (χ1) is 8.34. The zero-order chi connectivity index (χ0) is 11.7. The Balaban J connectivity index is 1.97. The maximum Gasteiger partial charge on any atom is 0.296 e. The molecule has 1 saturated heterocycles. The van der Waals surface area contributed by atoms with Gasteiger partial charge < -0.3 is 0 Å². The molecule has 1 amide bonds. The van der Waals surface area contributed by atoms with E-state index in [0.29, 0.717) is 18.8 Å². The van der Waals surface area contributed by atoms with E-state index < -0.39 is 0 Å². The monoisotopic (exact) mass is 228 g/mol. The lowest BCUT2D eigenvalue weighted by Crippen LogP contribution is -2.27. The number of hydroxylamine groups is 2. The molecule has 3 rings (SSSR count). The molecular weight excluding hydrogens is 216 g/mol. The number of aromatic nitrogens is 1. The number of benzene rings is 1. The van der Waals surface area contributed by atoms with Gasteiger partial charge in [-0.1, -0.05) is 24.3 Å². The van der Waals surface area contributed by atoms with Crippen molar-refractivity contribution < 1.29 is 9.63 Å². The highest BCUT2D eigenvalue weighted by atomic mass is 16.7. The molecule has 0 saturated carbocycles. The summed E-state index contributed by atoms with van der Waals surface area (Å²) in [6, 6.07) is 11.4. The Hall–Kier alpha value is -1.94. The smallest absolute Gasteiger partial charge is 0.271 e. The molecule has 0 N–H and O–H groups in total. The number of hydrogen-bond acceptors (Lipinski definition) is 3. The summed E-state index contributed by atoms with van der Waals surface area (Å²) in [5.41, 5.74) is 1.27. The Morgan fingerprint density at radius 2 is 2.12 bits per heavy atom. The zero-order valence-corrected chi connectivity index (χ0v) is 9.30. The highest BCUT2D eigenvalue weighted by Crippen LogP contribution is 2.14. The van der Waals surface area contributed by atoms with Crippen molar-refractivity contribution in [3.05, 3.63) is 42.1 Å². The van der Waals surface area contributed by atoms with E-state index in [1.165, 1.54) is 5.06 Å². The summed E-state index contributed by atoms with van der Waals surface area (Å²) < 4.78 is 0. The zero-order valence-electron chi connectivity index (χ0n) is 9.30. The van der Waals surface area contributed by atoms with Gasteiger partial charge in [0.15, 0.2) is 0 Å². The van der Waals surface area contributed by atoms with Crippen LogP contribution >= 0.6 is 0 Å². The molecular formula is C13H12N2O2. The second-order valence-corrected chi connectivity index (χ2v) is 3.98. The first-order valence-corrected chi connectivity index (χ1v) is 5.65. The lowest BCUT2D eigenvalue weighted by molar-refractivity contribution is -0.0771. The molecule has 0 aliphatic carbocycles. The maximum absolute atomic E-state index is 12.0. The van der Waals surface area contributed by atoms with Gasteiger partial charge in [-0.3, -0.25) is 9.63 Å². The fourth-order valence-electron chi connectivity index (χ4n) is 1.92. The number of fused-ring (bicyclic) bond motifs is 1. The fraction of sp³-hybridized carbons (Fsp3) is 0.231. The van der Waals surface area contributed by atoms with Crippen molar-refractivity contribution in [3.8, 4) is 0 Å². The summed E-state index contributed by atoms with van der Waals surface area (Å²) in [7, 11) is 0. The third kappa shape index (κ3) is 1.87. The van der Waals surface area contributed by atoms with Crippen LogP contribution in [0.15, 0.2) is 36.4 Å². The van der Waals surface area contributed by atoms with E-state index in [9.17, 15) is 4.79 Å². The minimum atomic E-state index is -0.159. The summed E-state index contributed by atoms with van der Waals surface area (Å²) in [6.45, 7) is 1.26. The largest absolute Gasteiger partial charge is 0.296 e. The van der Waals surface area contributed by atoms with Gasteiger partial charge in [0.2, 0.25) is 0 Å². The van der Waals surface area contributed by atoms with Gasteiger partial charge in [-0.05, 0) is 18.6 Å². The Morgan fingerprint density at radius 1 is 1.24 bits per heavy atom. The second-order valence-electron chi connectivity index (χ2n) is 3.98. The predicted molar refractivity (Wildman–Crippen MR) is 63.3 cm³/mol. The first kappa shape index (κ1) is 10.2. The van der Waals surface area contributed by atoms with Crippen LogP contribution in [0.2, 0.25) is 0 Å². The lowest BCUT2D eigenvalue weighted by atomic mass is 10.2. The predicted octanol–water partition coefficient (Wildman–Crippen LogP) is 2.01. The van der Waals surface area contributed by atoms with E-state index in [-0.39, 0.29) is 5.91 Å². The minimum Gasteiger partial charge on any atom is -0.271 e. The topological polar surface area (TPSA) is 42.4 Å². The molecule has 1 fully saturated rings. The SMILES string of the molecule is O=C(c1ccc2ccccc2n1)N1CCCO1. The van der Waals surface area contributed by atoms with Crippen LogP contribution in [0, 0.1) is 0 Å². The molecule has 4 nitrogen and oxygen atoms in total. The van der Waals surface area contributed by atoms with Crippen molar-refractivity contribution in [1.29, 1.82) is 0 Å². The van der Waals surface area contributed by atoms with Crippen LogP contribution in [0.3, 0.4) is 0 Å². The summed E-state index contributed by atoms with van der Waals surface area (Å²) in [5.74, 6) is -0.159. The van der Waals surface area contributed by atoms with Crippen molar-refractivity contribution in [2.75, 3.05) is 13.2 Å². The molecule has 86 valence electrons. The number of para-hydroxylation sites is 1. The molecule has 17 heavy (non-hydrogen) atoms. The Bertz CT molecular complexity index is 562. The van der Waals surface area contributed by atoms with E-state index >= 15 is 0 Å². The van der Waals surface area contributed by atoms with Crippen LogP contribution in [0.5, 0.6) is 0 Å². The number of hydrogen-bond donors (Lipinski definition) is 0. The van der Waals surface area contributed by atoms with Gasteiger partial charge >= 0.3 is 0 Å². The van der Waals surface area contributed by atoms with Gasteiger partial charge in [-0.25, -0.2) is 10.0 Å². The normalized spacial score (nSPS) is 15.4. The number of carbonyl (C=O) groups excluding carboxylic acids is 1. The molecule has 1 aliphatic rings. The number of nitrogens with zero attached hydrogens (tertiary/aromatic N) is 2. The molecule has 0 bridgehead atoms.